The van der Waals surface area contributed by atoms with Crippen LogP contribution < -0.4 is 0 Å². The minimum absolute atomic E-state index is 0.109. The summed E-state index contributed by atoms with van der Waals surface area (Å²) in [5.41, 5.74) is 0. The van der Waals surface area contributed by atoms with E-state index < -0.39 is 17.5 Å². The van der Waals surface area contributed by atoms with Crippen LogP contribution in [0.4, 0.5) is 0 Å². The lowest BCUT2D eigenvalue weighted by Gasteiger charge is -1.98. The van der Waals surface area contributed by atoms with E-state index >= 15 is 0 Å². The van der Waals surface area contributed by atoms with Gasteiger partial charge in [0.05, 0.1) is 11.5 Å². The van der Waals surface area contributed by atoms with Gasteiger partial charge in [-0.1, -0.05) is 0 Å². The number of rotatable bonds is 4. The SMILES string of the molecule is O=S(O)(=S)CCCS(=O)(O)=S. The largest absolute Gasteiger partial charge is 0.306 e. The maximum atomic E-state index is 10.4. The lowest BCUT2D eigenvalue weighted by atomic mass is 10.6. The first kappa shape index (κ1) is 11.7. The smallest absolute Gasteiger partial charge is 0.141 e. The summed E-state index contributed by atoms with van der Waals surface area (Å²) >= 11 is 8.30. The molecule has 0 fully saturated rings. The molecule has 0 aliphatic carbocycles. The maximum absolute atomic E-state index is 10.4. The summed E-state index contributed by atoms with van der Waals surface area (Å²) < 4.78 is 38.0. The summed E-state index contributed by atoms with van der Waals surface area (Å²) in [6.07, 6.45) is 0.109. The Morgan fingerprint density at radius 1 is 1.00 bits per heavy atom. The molecule has 0 heterocycles. The maximum Gasteiger partial charge on any atom is 0.141 e. The molecule has 8 heteroatoms. The first-order valence-corrected chi connectivity index (χ1v) is 7.83. The molecule has 11 heavy (non-hydrogen) atoms. The Kier molecular flexibility index (Phi) is 4.30. The molecule has 0 aromatic rings. The molecule has 0 aromatic carbocycles. The van der Waals surface area contributed by atoms with Crippen LogP contribution in [0.15, 0.2) is 0 Å². The van der Waals surface area contributed by atoms with Crippen molar-refractivity contribution in [2.24, 2.45) is 0 Å². The van der Waals surface area contributed by atoms with Crippen molar-refractivity contribution in [3.05, 3.63) is 0 Å². The van der Waals surface area contributed by atoms with Crippen molar-refractivity contribution in [3.8, 4) is 0 Å². The third-order valence-electron chi connectivity index (χ3n) is 0.805. The Labute approximate surface area is 75.4 Å². The van der Waals surface area contributed by atoms with Crippen molar-refractivity contribution in [3.63, 3.8) is 0 Å². The molecule has 0 aliphatic rings. The Bertz CT molecular complexity index is 266. The van der Waals surface area contributed by atoms with Crippen LogP contribution in [0.3, 0.4) is 0 Å². The van der Waals surface area contributed by atoms with Crippen molar-refractivity contribution in [1.82, 2.24) is 0 Å². The molecule has 0 bridgehead atoms. The third-order valence-corrected chi connectivity index (χ3v) is 3.41. The van der Waals surface area contributed by atoms with Gasteiger partial charge in [0.15, 0.2) is 0 Å². The fraction of sp³-hybridized carbons (Fsp3) is 1.00. The zero-order valence-electron chi connectivity index (χ0n) is 5.47. The predicted octanol–water partition coefficient (Wildman–Crippen LogP) is -0.185. The van der Waals surface area contributed by atoms with Crippen molar-refractivity contribution < 1.29 is 17.5 Å². The lowest BCUT2D eigenvalue weighted by molar-refractivity contribution is 0.554. The summed E-state index contributed by atoms with van der Waals surface area (Å²) in [7, 11) is -6.39. The third kappa shape index (κ3) is 10.7. The molecule has 0 saturated carbocycles. The summed E-state index contributed by atoms with van der Waals surface area (Å²) in [5, 5.41) is 0. The highest BCUT2D eigenvalue weighted by molar-refractivity contribution is 8.30. The molecular formula is C3H8O4S4. The van der Waals surface area contributed by atoms with Gasteiger partial charge < -0.3 is 9.11 Å². The van der Waals surface area contributed by atoms with Gasteiger partial charge in [-0.15, -0.1) is 0 Å². The van der Waals surface area contributed by atoms with Gasteiger partial charge in [-0.25, -0.2) is 8.42 Å². The first-order valence-electron chi connectivity index (χ1n) is 2.61. The van der Waals surface area contributed by atoms with E-state index in [0.29, 0.717) is 0 Å². The van der Waals surface area contributed by atoms with E-state index in [9.17, 15) is 8.42 Å². The molecule has 2 atom stereocenters. The summed E-state index contributed by atoms with van der Waals surface area (Å²) in [6, 6.07) is 0. The Morgan fingerprint density at radius 3 is 1.45 bits per heavy atom. The molecule has 2 N–H and O–H groups in total. The van der Waals surface area contributed by atoms with Crippen LogP contribution in [0, 0.1) is 0 Å². The van der Waals surface area contributed by atoms with E-state index in [1.165, 1.54) is 0 Å². The van der Waals surface area contributed by atoms with Gasteiger partial charge in [0.2, 0.25) is 0 Å². The number of hydrogen-bond acceptors (Lipinski definition) is 4. The van der Waals surface area contributed by atoms with Gasteiger partial charge in [-0.05, 0) is 6.42 Å². The molecule has 2 unspecified atom stereocenters. The molecule has 0 radical (unpaired) electrons. The molecule has 0 amide bonds. The summed E-state index contributed by atoms with van der Waals surface area (Å²) in [6.45, 7) is 0. The van der Waals surface area contributed by atoms with E-state index in [-0.39, 0.29) is 17.9 Å². The summed E-state index contributed by atoms with van der Waals surface area (Å²) in [5.74, 6) is -0.312. The van der Waals surface area contributed by atoms with Crippen molar-refractivity contribution in [1.29, 1.82) is 0 Å². The first-order chi connectivity index (χ1) is 4.71. The van der Waals surface area contributed by atoms with Gasteiger partial charge in [0.25, 0.3) is 0 Å². The van der Waals surface area contributed by atoms with Gasteiger partial charge in [-0.3, -0.25) is 0 Å². The van der Waals surface area contributed by atoms with Crippen molar-refractivity contribution in [2.75, 3.05) is 11.5 Å². The highest BCUT2D eigenvalue weighted by atomic mass is 32.8. The van der Waals surface area contributed by atoms with Crippen LogP contribution in [0.1, 0.15) is 6.42 Å². The highest BCUT2D eigenvalue weighted by Crippen LogP contribution is 1.93. The molecule has 0 aromatic heterocycles. The van der Waals surface area contributed by atoms with Gasteiger partial charge in [0, 0.05) is 22.4 Å². The minimum Gasteiger partial charge on any atom is -0.306 e. The van der Waals surface area contributed by atoms with Crippen LogP contribution in [0.2, 0.25) is 0 Å². The Morgan fingerprint density at radius 2 is 1.27 bits per heavy atom. The quantitative estimate of drug-likeness (QED) is 0.705. The highest BCUT2D eigenvalue weighted by Gasteiger charge is 2.04. The van der Waals surface area contributed by atoms with Gasteiger partial charge in [0.1, 0.15) is 17.5 Å². The second kappa shape index (κ2) is 4.06. The molecule has 0 saturated heterocycles. The van der Waals surface area contributed by atoms with Crippen LogP contribution in [0.5, 0.6) is 0 Å². The topological polar surface area (TPSA) is 74.6 Å². The molecule has 68 valence electrons. The van der Waals surface area contributed by atoms with Crippen LogP contribution in [0.25, 0.3) is 0 Å². The fourth-order valence-electron chi connectivity index (χ4n) is 0.424. The fourth-order valence-corrected chi connectivity index (χ4v) is 2.33. The normalized spacial score (nSPS) is 22.0. The Hall–Kier alpha value is 0.660. The van der Waals surface area contributed by atoms with Crippen LogP contribution in [-0.4, -0.2) is 29.0 Å². The molecule has 0 spiro atoms. The average molecular weight is 236 g/mol. The molecule has 0 aliphatic heterocycles. The second-order valence-corrected chi connectivity index (χ2v) is 8.19. The standard InChI is InChI=1S/C3H8O4S4/c4-10(5,8)2-1-3-11(6,7)9/h1-3H2,(H,4,5,8)(H,6,7,9). The van der Waals surface area contributed by atoms with E-state index in [1.807, 2.05) is 0 Å². The second-order valence-electron chi connectivity index (χ2n) is 1.93. The van der Waals surface area contributed by atoms with Crippen molar-refractivity contribution in [2.45, 2.75) is 6.42 Å². The molecular weight excluding hydrogens is 228 g/mol. The monoisotopic (exact) mass is 236 g/mol. The van der Waals surface area contributed by atoms with E-state index in [2.05, 4.69) is 22.4 Å². The predicted molar refractivity (Wildman–Crippen MR) is 50.6 cm³/mol. The van der Waals surface area contributed by atoms with Gasteiger partial charge >= 0.3 is 0 Å². The van der Waals surface area contributed by atoms with E-state index in [4.69, 9.17) is 9.11 Å². The minimum atomic E-state index is -3.20. The van der Waals surface area contributed by atoms with Crippen LogP contribution >= 0.6 is 0 Å². The van der Waals surface area contributed by atoms with Gasteiger partial charge in [-0.2, -0.15) is 0 Å². The summed E-state index contributed by atoms with van der Waals surface area (Å²) in [4.78, 5) is 0. The Balaban J connectivity index is 3.79. The molecule has 4 nitrogen and oxygen atoms in total. The average Bonchev–Trinajstić information content (AvgIpc) is 1.55. The van der Waals surface area contributed by atoms with E-state index in [1.54, 1.807) is 0 Å². The zero-order valence-corrected chi connectivity index (χ0v) is 8.73. The van der Waals surface area contributed by atoms with Crippen molar-refractivity contribution >= 4 is 39.9 Å². The number of hydrogen-bond donors (Lipinski definition) is 2. The molecule has 0 rings (SSSR count). The zero-order chi connectivity index (χ0) is 9.12. The van der Waals surface area contributed by atoms with E-state index in [0.717, 1.165) is 0 Å². The van der Waals surface area contributed by atoms with Crippen LogP contribution in [-0.2, 0) is 39.9 Å². The lowest BCUT2D eigenvalue weighted by Crippen LogP contribution is -2.09.